The van der Waals surface area contributed by atoms with E-state index in [1.54, 1.807) is 6.92 Å². The lowest BCUT2D eigenvalue weighted by Crippen LogP contribution is -2.16. The molecule has 6 heteroatoms. The highest BCUT2D eigenvalue weighted by molar-refractivity contribution is 5.91. The number of hydrogen-bond acceptors (Lipinski definition) is 6. The zero-order chi connectivity index (χ0) is 15.4. The smallest absolute Gasteiger partial charge is 0.343 e. The molecule has 0 amide bonds. The Bertz CT molecular complexity index is 716. The summed E-state index contributed by atoms with van der Waals surface area (Å²) in [6.45, 7) is 1.78. The van der Waals surface area contributed by atoms with Crippen molar-refractivity contribution in [1.29, 1.82) is 0 Å². The first-order valence-electron chi connectivity index (χ1n) is 6.26. The third-order valence-electron chi connectivity index (χ3n) is 2.84. The first kappa shape index (κ1) is 14.6. The van der Waals surface area contributed by atoms with Gasteiger partial charge in [-0.05, 0) is 18.2 Å². The first-order chi connectivity index (χ1) is 10.1. The van der Waals surface area contributed by atoms with E-state index in [0.29, 0.717) is 12.2 Å². The normalized spacial score (nSPS) is 10.2. The van der Waals surface area contributed by atoms with E-state index in [1.165, 1.54) is 37.6 Å². The van der Waals surface area contributed by atoms with E-state index >= 15 is 0 Å². The van der Waals surface area contributed by atoms with Crippen molar-refractivity contribution < 1.29 is 23.8 Å². The SMILES string of the molecule is CCc1occc(=O)c1OC(=O)c1ccc(O)c(OC)c1. The Kier molecular flexibility index (Phi) is 4.27. The second-order valence-corrected chi connectivity index (χ2v) is 4.17. The molecule has 6 nitrogen and oxygen atoms in total. The minimum Gasteiger partial charge on any atom is -0.504 e. The van der Waals surface area contributed by atoms with Crippen LogP contribution in [0.25, 0.3) is 0 Å². The van der Waals surface area contributed by atoms with Crippen LogP contribution in [0.1, 0.15) is 23.0 Å². The van der Waals surface area contributed by atoms with Gasteiger partial charge in [0.15, 0.2) is 11.5 Å². The lowest BCUT2D eigenvalue weighted by molar-refractivity contribution is 0.0726. The molecule has 2 aromatic rings. The van der Waals surface area contributed by atoms with Crippen LogP contribution in [0.3, 0.4) is 0 Å². The minimum absolute atomic E-state index is 0.0949. The van der Waals surface area contributed by atoms with Gasteiger partial charge in [0.2, 0.25) is 11.2 Å². The maximum atomic E-state index is 12.1. The molecular formula is C15H14O6. The van der Waals surface area contributed by atoms with Gasteiger partial charge in [-0.3, -0.25) is 4.79 Å². The molecule has 0 unspecified atom stereocenters. The molecule has 1 N–H and O–H groups in total. The molecule has 0 atom stereocenters. The average molecular weight is 290 g/mol. The third kappa shape index (κ3) is 3.05. The molecule has 0 radical (unpaired) electrons. The topological polar surface area (TPSA) is 86.0 Å². The predicted molar refractivity (Wildman–Crippen MR) is 74.0 cm³/mol. The molecule has 0 bridgehead atoms. The second-order valence-electron chi connectivity index (χ2n) is 4.17. The summed E-state index contributed by atoms with van der Waals surface area (Å²) in [5, 5.41) is 9.49. The standard InChI is InChI=1S/C15H14O6/c1-3-12-14(11(17)6-7-20-12)21-15(18)9-4-5-10(16)13(8-9)19-2/h4-8,16H,3H2,1-2H3. The van der Waals surface area contributed by atoms with E-state index in [-0.39, 0.29) is 22.8 Å². The molecule has 0 saturated carbocycles. The van der Waals surface area contributed by atoms with Gasteiger partial charge in [0, 0.05) is 12.5 Å². The Hall–Kier alpha value is -2.76. The fourth-order valence-corrected chi connectivity index (χ4v) is 1.75. The Morgan fingerprint density at radius 3 is 2.76 bits per heavy atom. The molecule has 1 aromatic heterocycles. The molecule has 1 heterocycles. The van der Waals surface area contributed by atoms with Gasteiger partial charge < -0.3 is 19.0 Å². The Balaban J connectivity index is 2.33. The van der Waals surface area contributed by atoms with Crippen molar-refractivity contribution in [3.8, 4) is 17.2 Å². The van der Waals surface area contributed by atoms with Crippen LogP contribution >= 0.6 is 0 Å². The predicted octanol–water partition coefficient (Wildman–Crippen LogP) is 2.14. The van der Waals surface area contributed by atoms with Crippen LogP contribution in [0.2, 0.25) is 0 Å². The summed E-state index contributed by atoms with van der Waals surface area (Å²) in [7, 11) is 1.37. The summed E-state index contributed by atoms with van der Waals surface area (Å²) in [5.74, 6) is -0.525. The number of ether oxygens (including phenoxy) is 2. The first-order valence-corrected chi connectivity index (χ1v) is 6.26. The number of rotatable bonds is 4. The Morgan fingerprint density at radius 1 is 1.33 bits per heavy atom. The molecular weight excluding hydrogens is 276 g/mol. The van der Waals surface area contributed by atoms with Crippen LogP contribution < -0.4 is 14.9 Å². The summed E-state index contributed by atoms with van der Waals surface area (Å²) in [4.78, 5) is 23.8. The molecule has 2 rings (SSSR count). The molecule has 0 saturated heterocycles. The zero-order valence-electron chi connectivity index (χ0n) is 11.6. The van der Waals surface area contributed by atoms with Gasteiger partial charge in [0.05, 0.1) is 18.9 Å². The second kappa shape index (κ2) is 6.13. The fourth-order valence-electron chi connectivity index (χ4n) is 1.75. The Labute approximate surface area is 120 Å². The van der Waals surface area contributed by atoms with Crippen molar-refractivity contribution in [3.05, 3.63) is 52.1 Å². The number of benzene rings is 1. The van der Waals surface area contributed by atoms with Gasteiger partial charge in [-0.25, -0.2) is 4.79 Å². The molecule has 110 valence electrons. The molecule has 0 aliphatic heterocycles. The van der Waals surface area contributed by atoms with Gasteiger partial charge in [-0.2, -0.15) is 0 Å². The number of aryl methyl sites for hydroxylation is 1. The summed E-state index contributed by atoms with van der Waals surface area (Å²) in [6.07, 6.45) is 1.67. The molecule has 0 fully saturated rings. The highest BCUT2D eigenvalue weighted by Crippen LogP contribution is 2.27. The molecule has 0 aliphatic rings. The third-order valence-corrected chi connectivity index (χ3v) is 2.84. The summed E-state index contributed by atoms with van der Waals surface area (Å²) in [6, 6.07) is 5.19. The number of phenolic OH excluding ortho intramolecular Hbond substituents is 1. The molecule has 21 heavy (non-hydrogen) atoms. The highest BCUT2D eigenvalue weighted by atomic mass is 16.5. The summed E-state index contributed by atoms with van der Waals surface area (Å²) >= 11 is 0. The van der Waals surface area contributed by atoms with Gasteiger partial charge in [0.1, 0.15) is 5.76 Å². The van der Waals surface area contributed by atoms with Crippen molar-refractivity contribution in [1.82, 2.24) is 0 Å². The summed E-state index contributed by atoms with van der Waals surface area (Å²) in [5.41, 5.74) is -0.285. The maximum Gasteiger partial charge on any atom is 0.343 e. The van der Waals surface area contributed by atoms with Crippen LogP contribution in [0.5, 0.6) is 17.2 Å². The van der Waals surface area contributed by atoms with E-state index in [0.717, 1.165) is 0 Å². The van der Waals surface area contributed by atoms with E-state index in [2.05, 4.69) is 0 Å². The number of aromatic hydroxyl groups is 1. The average Bonchev–Trinajstić information content (AvgIpc) is 2.49. The van der Waals surface area contributed by atoms with Crippen molar-refractivity contribution in [2.45, 2.75) is 13.3 Å². The van der Waals surface area contributed by atoms with Crippen LogP contribution in [0.15, 0.2) is 39.7 Å². The van der Waals surface area contributed by atoms with E-state index < -0.39 is 11.4 Å². The van der Waals surface area contributed by atoms with Gasteiger partial charge >= 0.3 is 5.97 Å². The maximum absolute atomic E-state index is 12.1. The van der Waals surface area contributed by atoms with Crippen molar-refractivity contribution in [2.75, 3.05) is 7.11 Å². The van der Waals surface area contributed by atoms with E-state index in [1.807, 2.05) is 0 Å². The summed E-state index contributed by atoms with van der Waals surface area (Å²) < 4.78 is 15.2. The van der Waals surface area contributed by atoms with Crippen LogP contribution in [-0.2, 0) is 6.42 Å². The monoisotopic (exact) mass is 290 g/mol. The lowest BCUT2D eigenvalue weighted by Gasteiger charge is -2.08. The van der Waals surface area contributed by atoms with Crippen molar-refractivity contribution in [3.63, 3.8) is 0 Å². The quantitative estimate of drug-likeness (QED) is 0.868. The minimum atomic E-state index is -0.735. The number of esters is 1. The fraction of sp³-hybridized carbons (Fsp3) is 0.200. The number of methoxy groups -OCH3 is 1. The van der Waals surface area contributed by atoms with Gasteiger partial charge in [-0.1, -0.05) is 6.92 Å². The largest absolute Gasteiger partial charge is 0.504 e. The number of carbonyl (C=O) groups is 1. The number of phenols is 1. The van der Waals surface area contributed by atoms with Crippen LogP contribution in [0, 0.1) is 0 Å². The van der Waals surface area contributed by atoms with E-state index in [9.17, 15) is 14.7 Å². The number of carbonyl (C=O) groups excluding carboxylic acids is 1. The molecule has 0 aliphatic carbocycles. The zero-order valence-corrected chi connectivity index (χ0v) is 11.6. The van der Waals surface area contributed by atoms with Crippen LogP contribution in [-0.4, -0.2) is 18.2 Å². The van der Waals surface area contributed by atoms with E-state index in [4.69, 9.17) is 13.9 Å². The van der Waals surface area contributed by atoms with Crippen molar-refractivity contribution >= 4 is 5.97 Å². The van der Waals surface area contributed by atoms with Crippen LogP contribution in [0.4, 0.5) is 0 Å². The Morgan fingerprint density at radius 2 is 2.10 bits per heavy atom. The van der Waals surface area contributed by atoms with Gasteiger partial charge in [-0.15, -0.1) is 0 Å². The highest BCUT2D eigenvalue weighted by Gasteiger charge is 2.17. The molecule has 1 aromatic carbocycles. The van der Waals surface area contributed by atoms with Gasteiger partial charge in [0.25, 0.3) is 0 Å². The molecule has 0 spiro atoms. The van der Waals surface area contributed by atoms with Crippen molar-refractivity contribution in [2.24, 2.45) is 0 Å². The number of hydrogen-bond donors (Lipinski definition) is 1. The lowest BCUT2D eigenvalue weighted by atomic mass is 10.2.